The minimum Gasteiger partial charge on any atom is -0.497 e. The van der Waals surface area contributed by atoms with E-state index in [1.165, 1.54) is 0 Å². The van der Waals surface area contributed by atoms with E-state index in [9.17, 15) is 14.9 Å². The molecule has 1 unspecified atom stereocenters. The highest BCUT2D eigenvalue weighted by Crippen LogP contribution is 2.48. The Morgan fingerprint density at radius 2 is 1.42 bits per heavy atom. The van der Waals surface area contributed by atoms with Crippen LogP contribution >= 0.6 is 8.53 Å². The third-order valence-corrected chi connectivity index (χ3v) is 10.6. The summed E-state index contributed by atoms with van der Waals surface area (Å²) in [6.45, 7) is 9.25. The molecule has 11 nitrogen and oxygen atoms in total. The number of imide groups is 1. The maximum atomic E-state index is 12.9. The highest BCUT2D eigenvalue weighted by atomic mass is 31.2. The summed E-state index contributed by atoms with van der Waals surface area (Å²) in [7, 11) is 1.65. The minimum absolute atomic E-state index is 0.0897. The van der Waals surface area contributed by atoms with Crippen LogP contribution in [-0.4, -0.2) is 80.2 Å². The average molecular weight is 705 g/mol. The summed E-state index contributed by atoms with van der Waals surface area (Å²) in [5, 5.41) is 11.7. The van der Waals surface area contributed by atoms with Crippen LogP contribution in [0, 0.1) is 11.3 Å². The number of amides is 3. The zero-order chi connectivity index (χ0) is 36.1. The van der Waals surface area contributed by atoms with E-state index in [4.69, 9.17) is 23.3 Å². The van der Waals surface area contributed by atoms with Crippen LogP contribution in [0.3, 0.4) is 0 Å². The second-order valence-electron chi connectivity index (χ2n) is 12.5. The van der Waals surface area contributed by atoms with Crippen LogP contribution in [0.4, 0.5) is 4.79 Å². The van der Waals surface area contributed by atoms with E-state index < -0.39 is 26.3 Å². The average Bonchev–Trinajstić information content (AvgIpc) is 3.11. The van der Waals surface area contributed by atoms with Crippen LogP contribution < -0.4 is 14.8 Å². The van der Waals surface area contributed by atoms with E-state index in [-0.39, 0.29) is 57.1 Å². The molecule has 12 heteroatoms. The van der Waals surface area contributed by atoms with Crippen molar-refractivity contribution >= 4 is 20.5 Å². The number of hydrogen-bond acceptors (Lipinski definition) is 9. The topological polar surface area (TPSA) is 123 Å². The molecular weight excluding hydrogens is 655 g/mol. The van der Waals surface area contributed by atoms with E-state index in [0.717, 1.165) is 28.2 Å². The van der Waals surface area contributed by atoms with Gasteiger partial charge in [0.2, 0.25) is 5.91 Å². The van der Waals surface area contributed by atoms with E-state index in [1.54, 1.807) is 19.1 Å². The number of nitrogens with one attached hydrogen (secondary N) is 1. The number of rotatable bonds is 19. The van der Waals surface area contributed by atoms with Gasteiger partial charge in [0.25, 0.3) is 8.53 Å². The van der Waals surface area contributed by atoms with Crippen molar-refractivity contribution < 1.29 is 32.8 Å². The van der Waals surface area contributed by atoms with E-state index in [1.807, 2.05) is 78.9 Å². The zero-order valence-electron chi connectivity index (χ0n) is 29.8. The van der Waals surface area contributed by atoms with Gasteiger partial charge in [-0.2, -0.15) is 5.26 Å². The molecule has 2 atom stereocenters. The number of hydrogen-bond donors (Lipinski definition) is 1. The Bertz CT molecular complexity index is 1490. The molecule has 0 aliphatic carbocycles. The van der Waals surface area contributed by atoms with Crippen LogP contribution in [0.5, 0.6) is 11.5 Å². The van der Waals surface area contributed by atoms with Gasteiger partial charge in [-0.15, -0.1) is 0 Å². The van der Waals surface area contributed by atoms with Crippen LogP contribution in [0.2, 0.25) is 0 Å². The summed E-state index contributed by atoms with van der Waals surface area (Å²) in [6.07, 6.45) is 0.295. The largest absolute Gasteiger partial charge is 0.497 e. The van der Waals surface area contributed by atoms with Gasteiger partial charge in [0.05, 0.1) is 46.0 Å². The molecule has 0 radical (unpaired) electrons. The third kappa shape index (κ3) is 9.81. The number of benzene rings is 3. The van der Waals surface area contributed by atoms with Crippen molar-refractivity contribution in [1.82, 2.24) is 14.9 Å². The fraction of sp³-hybridized carbons (Fsp3) is 0.447. The van der Waals surface area contributed by atoms with Gasteiger partial charge in [0, 0.05) is 31.6 Å². The number of nitrogens with zero attached hydrogens (tertiary/aromatic N) is 3. The fourth-order valence-electron chi connectivity index (χ4n) is 6.04. The molecule has 1 N–H and O–H groups in total. The number of urea groups is 1. The lowest BCUT2D eigenvalue weighted by Gasteiger charge is -2.39. The summed E-state index contributed by atoms with van der Waals surface area (Å²) in [5.74, 6) is 1.15. The van der Waals surface area contributed by atoms with E-state index in [0.29, 0.717) is 6.42 Å². The predicted molar refractivity (Wildman–Crippen MR) is 193 cm³/mol. The lowest BCUT2D eigenvalue weighted by molar-refractivity contribution is -0.121. The van der Waals surface area contributed by atoms with Crippen molar-refractivity contribution in [2.75, 3.05) is 40.5 Å². The molecular formula is C38H49N4O7P. The van der Waals surface area contributed by atoms with E-state index >= 15 is 0 Å². The third-order valence-electron chi connectivity index (χ3n) is 8.40. The Hall–Kier alpha value is -4.04. The molecule has 3 amide bonds. The second-order valence-corrected chi connectivity index (χ2v) is 13.9. The number of nitriles is 1. The number of methoxy groups -OCH3 is 2. The van der Waals surface area contributed by atoms with Gasteiger partial charge >= 0.3 is 6.03 Å². The fourth-order valence-corrected chi connectivity index (χ4v) is 7.77. The summed E-state index contributed by atoms with van der Waals surface area (Å²) in [4.78, 5) is 26.5. The molecule has 1 heterocycles. The van der Waals surface area contributed by atoms with Crippen LogP contribution in [0.1, 0.15) is 63.6 Å². The van der Waals surface area contributed by atoms with Gasteiger partial charge in [-0.1, -0.05) is 54.6 Å². The van der Waals surface area contributed by atoms with Crippen LogP contribution in [0.25, 0.3) is 0 Å². The Balaban J connectivity index is 1.73. The minimum atomic E-state index is -1.62. The van der Waals surface area contributed by atoms with Gasteiger partial charge < -0.3 is 28.2 Å². The monoisotopic (exact) mass is 704 g/mol. The first kappa shape index (κ1) is 38.8. The molecule has 3 aromatic carbocycles. The van der Waals surface area contributed by atoms with Crippen molar-refractivity contribution in [1.29, 1.82) is 5.26 Å². The number of ether oxygens (including phenoxy) is 3. The van der Waals surface area contributed by atoms with Crippen molar-refractivity contribution in [3.8, 4) is 17.6 Å². The summed E-state index contributed by atoms with van der Waals surface area (Å²) in [5.41, 5.74) is 1.69. The molecule has 4 rings (SSSR count). The first-order valence-electron chi connectivity index (χ1n) is 16.9. The molecule has 1 aliphatic heterocycles. The van der Waals surface area contributed by atoms with Crippen molar-refractivity contribution in [2.24, 2.45) is 0 Å². The van der Waals surface area contributed by atoms with Gasteiger partial charge in [-0.3, -0.25) is 10.1 Å². The molecule has 0 aromatic heterocycles. The lowest BCUT2D eigenvalue weighted by atomic mass is 9.80. The standard InChI is InChI=1S/C38H49N4O7P/c1-28(2)42(29(3)4)50(48-25-10-23-39)49-35(27-41-24-21-36(43)40-37(41)44)22-26-47-38(30-11-8-7-9-12-30,31-13-17-33(45-5)18-14-31)32-15-19-34(46-6)20-16-32/h7-9,11-20,28-29,35H,10,21-22,24-27H2,1-6H3,(H,40,43,44)/t35-,50?/m0/s1. The normalized spacial score (nSPS) is 14.8. The summed E-state index contributed by atoms with van der Waals surface area (Å²) >= 11 is 0. The Morgan fingerprint density at radius 1 is 0.860 bits per heavy atom. The number of carbonyl (C=O) groups excluding carboxylic acids is 2. The highest BCUT2D eigenvalue weighted by molar-refractivity contribution is 7.44. The van der Waals surface area contributed by atoms with E-state index in [2.05, 4.69) is 43.8 Å². The molecule has 0 saturated carbocycles. The molecule has 1 saturated heterocycles. The van der Waals surface area contributed by atoms with Crippen molar-refractivity contribution in [2.45, 2.75) is 70.7 Å². The number of carbonyl (C=O) groups is 2. The SMILES string of the molecule is COc1ccc(C(OCC[C@@H](CN2CCC(=O)NC2=O)OP(OCCC#N)N(C(C)C)C(C)C)(c2ccccc2)c2ccc(OC)cc2)cc1. The first-order chi connectivity index (χ1) is 24.1. The molecule has 3 aromatic rings. The van der Waals surface area contributed by atoms with Crippen molar-refractivity contribution in [3.05, 3.63) is 95.6 Å². The molecule has 1 aliphatic rings. The second kappa shape index (κ2) is 18.8. The van der Waals surface area contributed by atoms with Gasteiger partial charge in [-0.05, 0) is 75.1 Å². The Morgan fingerprint density at radius 3 is 1.92 bits per heavy atom. The van der Waals surface area contributed by atoms with Gasteiger partial charge in [-0.25, -0.2) is 9.46 Å². The highest BCUT2D eigenvalue weighted by Gasteiger charge is 2.39. The summed E-state index contributed by atoms with van der Waals surface area (Å²) in [6, 6.07) is 27.6. The first-order valence-corrected chi connectivity index (χ1v) is 18.1. The molecule has 50 heavy (non-hydrogen) atoms. The Kier molecular flexibility index (Phi) is 14.6. The molecule has 0 spiro atoms. The maximum Gasteiger partial charge on any atom is 0.324 e. The smallest absolute Gasteiger partial charge is 0.324 e. The zero-order valence-corrected chi connectivity index (χ0v) is 30.7. The quantitative estimate of drug-likeness (QED) is 0.0798. The van der Waals surface area contributed by atoms with Crippen LogP contribution in [0.15, 0.2) is 78.9 Å². The molecule has 1 fully saturated rings. The van der Waals surface area contributed by atoms with Gasteiger partial charge in [0.1, 0.15) is 17.1 Å². The predicted octanol–water partition coefficient (Wildman–Crippen LogP) is 7.01. The van der Waals surface area contributed by atoms with Gasteiger partial charge in [0.15, 0.2) is 0 Å². The summed E-state index contributed by atoms with van der Waals surface area (Å²) < 4.78 is 33.3. The van der Waals surface area contributed by atoms with Crippen molar-refractivity contribution in [3.63, 3.8) is 0 Å². The Labute approximate surface area is 297 Å². The lowest BCUT2D eigenvalue weighted by Crippen LogP contribution is -2.52. The van der Waals surface area contributed by atoms with Crippen LogP contribution in [-0.2, 0) is 24.2 Å². The maximum absolute atomic E-state index is 12.9. The molecule has 0 bridgehead atoms. The molecule has 268 valence electrons.